The van der Waals surface area contributed by atoms with Gasteiger partial charge in [-0.1, -0.05) is 11.6 Å². The Labute approximate surface area is 129 Å². The van der Waals surface area contributed by atoms with Gasteiger partial charge in [0.15, 0.2) is 0 Å². The molecule has 0 atom stereocenters. The summed E-state index contributed by atoms with van der Waals surface area (Å²) in [4.78, 5) is 15.7. The van der Waals surface area contributed by atoms with Crippen molar-refractivity contribution in [2.75, 3.05) is 19.6 Å². The van der Waals surface area contributed by atoms with Gasteiger partial charge in [-0.3, -0.25) is 4.79 Å². The summed E-state index contributed by atoms with van der Waals surface area (Å²) >= 11 is 5.74. The molecule has 1 aliphatic heterocycles. The van der Waals surface area contributed by atoms with Crippen molar-refractivity contribution in [2.24, 2.45) is 5.92 Å². The maximum atomic E-state index is 12.5. The van der Waals surface area contributed by atoms with Gasteiger partial charge in [-0.05, 0) is 31.9 Å². The van der Waals surface area contributed by atoms with E-state index >= 15 is 0 Å². The van der Waals surface area contributed by atoms with E-state index in [-0.39, 0.29) is 21.9 Å². The lowest BCUT2D eigenvalue weighted by molar-refractivity contribution is -0.126. The van der Waals surface area contributed by atoms with Crippen molar-refractivity contribution in [1.29, 1.82) is 0 Å². The average molecular weight is 332 g/mol. The minimum atomic E-state index is -3.57. The molecule has 2 rings (SSSR count). The largest absolute Gasteiger partial charge is 0.356 e. The summed E-state index contributed by atoms with van der Waals surface area (Å²) in [5.41, 5.74) is 0. The SMILES string of the molecule is CCNC(=O)C1CCN(S(=O)(=O)c2ccnc(Cl)c2)CC1. The first-order chi connectivity index (χ1) is 9.95. The van der Waals surface area contributed by atoms with Gasteiger partial charge in [0, 0.05) is 31.7 Å². The zero-order chi connectivity index (χ0) is 15.5. The molecule has 0 aliphatic carbocycles. The van der Waals surface area contributed by atoms with E-state index in [4.69, 9.17) is 11.6 Å². The molecule has 0 spiro atoms. The molecular weight excluding hydrogens is 314 g/mol. The van der Waals surface area contributed by atoms with Crippen molar-refractivity contribution in [1.82, 2.24) is 14.6 Å². The molecule has 21 heavy (non-hydrogen) atoms. The fourth-order valence-electron chi connectivity index (χ4n) is 2.37. The number of hydrogen-bond acceptors (Lipinski definition) is 4. The lowest BCUT2D eigenvalue weighted by Crippen LogP contribution is -2.42. The number of rotatable bonds is 4. The Morgan fingerprint density at radius 2 is 2.14 bits per heavy atom. The minimum Gasteiger partial charge on any atom is -0.356 e. The lowest BCUT2D eigenvalue weighted by atomic mass is 9.97. The predicted octanol–water partition coefficient (Wildman–Crippen LogP) is 1.27. The third-order valence-corrected chi connectivity index (χ3v) is 5.61. The topological polar surface area (TPSA) is 79.4 Å². The van der Waals surface area contributed by atoms with Gasteiger partial charge in [0.1, 0.15) is 5.15 Å². The highest BCUT2D eigenvalue weighted by Crippen LogP contribution is 2.24. The van der Waals surface area contributed by atoms with Gasteiger partial charge >= 0.3 is 0 Å². The maximum Gasteiger partial charge on any atom is 0.243 e. The van der Waals surface area contributed by atoms with Crippen molar-refractivity contribution < 1.29 is 13.2 Å². The van der Waals surface area contributed by atoms with Crippen LogP contribution in [-0.2, 0) is 14.8 Å². The van der Waals surface area contributed by atoms with Crippen LogP contribution in [0.4, 0.5) is 0 Å². The average Bonchev–Trinajstić information content (AvgIpc) is 2.47. The van der Waals surface area contributed by atoms with Gasteiger partial charge in [-0.25, -0.2) is 13.4 Å². The Kier molecular flexibility index (Phi) is 5.18. The van der Waals surface area contributed by atoms with Crippen LogP contribution in [0.2, 0.25) is 5.15 Å². The molecule has 6 nitrogen and oxygen atoms in total. The molecule has 1 aliphatic rings. The molecule has 0 radical (unpaired) electrons. The second-order valence-corrected chi connectivity index (χ2v) is 7.21. The van der Waals surface area contributed by atoms with E-state index in [0.717, 1.165) is 0 Å². The lowest BCUT2D eigenvalue weighted by Gasteiger charge is -2.30. The van der Waals surface area contributed by atoms with Crippen LogP contribution in [0.25, 0.3) is 0 Å². The van der Waals surface area contributed by atoms with Crippen molar-refractivity contribution in [3.05, 3.63) is 23.5 Å². The van der Waals surface area contributed by atoms with Gasteiger partial charge in [-0.15, -0.1) is 0 Å². The second kappa shape index (κ2) is 6.72. The summed E-state index contributed by atoms with van der Waals surface area (Å²) in [5.74, 6) is -0.112. The van der Waals surface area contributed by atoms with Crippen LogP contribution in [0.1, 0.15) is 19.8 Å². The van der Waals surface area contributed by atoms with Gasteiger partial charge in [0.05, 0.1) is 4.90 Å². The van der Waals surface area contributed by atoms with E-state index in [1.165, 1.54) is 22.6 Å². The molecule has 1 aromatic rings. The Hall–Kier alpha value is -1.18. The van der Waals surface area contributed by atoms with Crippen LogP contribution < -0.4 is 5.32 Å². The number of pyridine rings is 1. The first-order valence-corrected chi connectivity index (χ1v) is 8.66. The third-order valence-electron chi connectivity index (χ3n) is 3.51. The Balaban J connectivity index is 2.06. The van der Waals surface area contributed by atoms with Crippen LogP contribution in [0.15, 0.2) is 23.2 Å². The fourth-order valence-corrected chi connectivity index (χ4v) is 4.09. The highest BCUT2D eigenvalue weighted by atomic mass is 35.5. The first kappa shape index (κ1) is 16.2. The van der Waals surface area contributed by atoms with Crippen molar-refractivity contribution in [3.63, 3.8) is 0 Å². The van der Waals surface area contributed by atoms with Crippen molar-refractivity contribution in [2.45, 2.75) is 24.7 Å². The first-order valence-electron chi connectivity index (χ1n) is 6.84. The van der Waals surface area contributed by atoms with Crippen molar-refractivity contribution >= 4 is 27.5 Å². The number of hydrogen-bond donors (Lipinski definition) is 1. The third kappa shape index (κ3) is 3.72. The summed E-state index contributed by atoms with van der Waals surface area (Å²) in [6.45, 7) is 3.13. The van der Waals surface area contributed by atoms with Crippen LogP contribution in [0.3, 0.4) is 0 Å². The maximum absolute atomic E-state index is 12.5. The molecule has 8 heteroatoms. The summed E-state index contributed by atoms with van der Waals surface area (Å²) in [6.07, 6.45) is 2.43. The molecule has 116 valence electrons. The zero-order valence-electron chi connectivity index (χ0n) is 11.8. The molecule has 1 saturated heterocycles. The highest BCUT2D eigenvalue weighted by molar-refractivity contribution is 7.89. The van der Waals surface area contributed by atoms with Gasteiger partial charge in [0.25, 0.3) is 0 Å². The summed E-state index contributed by atoms with van der Waals surface area (Å²) in [5, 5.41) is 2.92. The van der Waals surface area contributed by atoms with E-state index in [1.54, 1.807) is 0 Å². The quantitative estimate of drug-likeness (QED) is 0.843. The highest BCUT2D eigenvalue weighted by Gasteiger charge is 2.32. The predicted molar refractivity (Wildman–Crippen MR) is 79.4 cm³/mol. The van der Waals surface area contributed by atoms with E-state index in [1.807, 2.05) is 6.92 Å². The number of nitrogens with one attached hydrogen (secondary N) is 1. The Morgan fingerprint density at radius 3 is 2.71 bits per heavy atom. The smallest absolute Gasteiger partial charge is 0.243 e. The van der Waals surface area contributed by atoms with E-state index < -0.39 is 10.0 Å². The van der Waals surface area contributed by atoms with Crippen LogP contribution in [0, 0.1) is 5.92 Å². The Bertz CT molecular complexity index is 613. The molecule has 0 unspecified atom stereocenters. The molecule has 2 heterocycles. The normalized spacial score (nSPS) is 17.6. The van der Waals surface area contributed by atoms with Gasteiger partial charge < -0.3 is 5.32 Å². The van der Waals surface area contributed by atoms with Gasteiger partial charge in [-0.2, -0.15) is 4.31 Å². The number of piperidine rings is 1. The second-order valence-electron chi connectivity index (χ2n) is 4.89. The Morgan fingerprint density at radius 1 is 1.48 bits per heavy atom. The number of aromatic nitrogens is 1. The summed E-state index contributed by atoms with van der Waals surface area (Å²) in [6, 6.07) is 2.77. The number of halogens is 1. The number of carbonyl (C=O) groups is 1. The van der Waals surface area contributed by atoms with Gasteiger partial charge in [0.2, 0.25) is 15.9 Å². The number of nitrogens with zero attached hydrogens (tertiary/aromatic N) is 2. The number of amides is 1. The summed E-state index contributed by atoms with van der Waals surface area (Å²) < 4.78 is 26.4. The van der Waals surface area contributed by atoms with Crippen LogP contribution in [-0.4, -0.2) is 43.2 Å². The molecule has 0 saturated carbocycles. The van der Waals surface area contributed by atoms with Crippen LogP contribution >= 0.6 is 11.6 Å². The molecule has 0 aromatic carbocycles. The standard InChI is InChI=1S/C13H18ClN3O3S/c1-2-15-13(18)10-4-7-17(8-5-10)21(19,20)11-3-6-16-12(14)9-11/h3,6,9-10H,2,4-5,7-8H2,1H3,(H,15,18). The molecule has 0 bridgehead atoms. The molecular formula is C13H18ClN3O3S. The van der Waals surface area contributed by atoms with Crippen molar-refractivity contribution in [3.8, 4) is 0 Å². The molecule has 1 aromatic heterocycles. The van der Waals surface area contributed by atoms with E-state index in [2.05, 4.69) is 10.3 Å². The summed E-state index contributed by atoms with van der Waals surface area (Å²) in [7, 11) is -3.57. The molecule has 1 fully saturated rings. The molecule has 1 N–H and O–H groups in total. The molecule has 1 amide bonds. The minimum absolute atomic E-state index is 0.00139. The fraction of sp³-hybridized carbons (Fsp3) is 0.538. The number of carbonyl (C=O) groups excluding carboxylic acids is 1. The van der Waals surface area contributed by atoms with E-state index in [9.17, 15) is 13.2 Å². The zero-order valence-corrected chi connectivity index (χ0v) is 13.3. The monoisotopic (exact) mass is 331 g/mol. The van der Waals surface area contributed by atoms with Crippen LogP contribution in [0.5, 0.6) is 0 Å². The number of sulfonamides is 1. The van der Waals surface area contributed by atoms with E-state index in [0.29, 0.717) is 32.5 Å².